The molecule has 37 heavy (non-hydrogen) atoms. The molecule has 0 saturated carbocycles. The molecule has 194 valence electrons. The van der Waals surface area contributed by atoms with Crippen molar-refractivity contribution in [2.75, 3.05) is 13.2 Å². The Hall–Kier alpha value is -3.36. The van der Waals surface area contributed by atoms with Gasteiger partial charge in [-0.1, -0.05) is 49.4 Å². The maximum Gasteiger partial charge on any atom is 0.252 e. The fourth-order valence-corrected chi connectivity index (χ4v) is 5.35. The fraction of sp³-hybridized carbons (Fsp3) is 0.448. The topological polar surface area (TPSA) is 88.9 Å². The SMILES string of the molecule is CC[C@@H](c1nnnn1CCc1ccccc1)N(Cc1cc2ccc(C)c(C)c2[nH]c1=O)C[C@@H]1CCCO1. The zero-order chi connectivity index (χ0) is 25.8. The Bertz CT molecular complexity index is 1390. The van der Waals surface area contributed by atoms with E-state index in [1.165, 1.54) is 11.1 Å². The predicted octanol–water partition coefficient (Wildman–Crippen LogP) is 4.51. The number of rotatable bonds is 10. The van der Waals surface area contributed by atoms with Gasteiger partial charge in [-0.25, -0.2) is 4.68 Å². The van der Waals surface area contributed by atoms with Crippen LogP contribution in [0.3, 0.4) is 0 Å². The van der Waals surface area contributed by atoms with Gasteiger partial charge in [0.15, 0.2) is 5.82 Å². The lowest BCUT2D eigenvalue weighted by Crippen LogP contribution is -2.37. The third kappa shape index (κ3) is 5.65. The fourth-order valence-electron chi connectivity index (χ4n) is 5.35. The van der Waals surface area contributed by atoms with Crippen molar-refractivity contribution in [1.29, 1.82) is 0 Å². The summed E-state index contributed by atoms with van der Waals surface area (Å²) in [7, 11) is 0. The number of hydrogen-bond acceptors (Lipinski definition) is 6. The summed E-state index contributed by atoms with van der Waals surface area (Å²) in [5, 5.41) is 13.9. The number of nitrogens with zero attached hydrogens (tertiary/aromatic N) is 5. The molecule has 0 unspecified atom stereocenters. The van der Waals surface area contributed by atoms with E-state index < -0.39 is 0 Å². The first-order valence-corrected chi connectivity index (χ1v) is 13.3. The lowest BCUT2D eigenvalue weighted by atomic mass is 10.0. The van der Waals surface area contributed by atoms with Crippen LogP contribution in [0.15, 0.2) is 53.3 Å². The van der Waals surface area contributed by atoms with Crippen LogP contribution in [0.5, 0.6) is 0 Å². The summed E-state index contributed by atoms with van der Waals surface area (Å²) < 4.78 is 7.93. The van der Waals surface area contributed by atoms with Gasteiger partial charge in [-0.3, -0.25) is 9.69 Å². The Kier molecular flexibility index (Phi) is 7.76. The highest BCUT2D eigenvalue weighted by atomic mass is 16.5. The number of fused-ring (bicyclic) bond motifs is 1. The van der Waals surface area contributed by atoms with E-state index in [1.807, 2.05) is 16.8 Å². The van der Waals surface area contributed by atoms with E-state index >= 15 is 0 Å². The minimum atomic E-state index is -0.0444. The largest absolute Gasteiger partial charge is 0.377 e. The van der Waals surface area contributed by atoms with Crippen LogP contribution in [0.1, 0.15) is 60.3 Å². The Labute approximate surface area is 217 Å². The number of pyridine rings is 1. The highest BCUT2D eigenvalue weighted by Crippen LogP contribution is 2.27. The summed E-state index contributed by atoms with van der Waals surface area (Å²) in [6, 6.07) is 16.6. The van der Waals surface area contributed by atoms with Crippen molar-refractivity contribution >= 4 is 10.9 Å². The molecule has 2 aromatic heterocycles. The maximum absolute atomic E-state index is 13.2. The number of aromatic amines is 1. The molecule has 1 N–H and O–H groups in total. The molecule has 0 amide bonds. The number of tetrazole rings is 1. The van der Waals surface area contributed by atoms with Crippen molar-refractivity contribution in [3.63, 3.8) is 0 Å². The molecule has 8 nitrogen and oxygen atoms in total. The molecule has 2 atom stereocenters. The van der Waals surface area contributed by atoms with Gasteiger partial charge >= 0.3 is 0 Å². The van der Waals surface area contributed by atoms with E-state index in [4.69, 9.17) is 4.74 Å². The highest BCUT2D eigenvalue weighted by molar-refractivity contribution is 5.83. The molecule has 0 aliphatic carbocycles. The highest BCUT2D eigenvalue weighted by Gasteiger charge is 2.29. The zero-order valence-electron chi connectivity index (χ0n) is 22.0. The van der Waals surface area contributed by atoms with Crippen LogP contribution >= 0.6 is 0 Å². The minimum Gasteiger partial charge on any atom is -0.377 e. The van der Waals surface area contributed by atoms with E-state index in [0.29, 0.717) is 13.1 Å². The average molecular weight is 501 g/mol. The van der Waals surface area contributed by atoms with E-state index in [0.717, 1.165) is 66.7 Å². The first-order chi connectivity index (χ1) is 18.0. The number of benzene rings is 2. The van der Waals surface area contributed by atoms with Crippen LogP contribution in [0, 0.1) is 13.8 Å². The van der Waals surface area contributed by atoms with Crippen molar-refractivity contribution < 1.29 is 4.74 Å². The van der Waals surface area contributed by atoms with Crippen LogP contribution < -0.4 is 5.56 Å². The number of ether oxygens (including phenoxy) is 1. The molecule has 0 bridgehead atoms. The summed E-state index contributed by atoms with van der Waals surface area (Å²) in [5.74, 6) is 0.833. The predicted molar refractivity (Wildman–Crippen MR) is 144 cm³/mol. The van der Waals surface area contributed by atoms with Crippen molar-refractivity contribution in [3.8, 4) is 0 Å². The quantitative estimate of drug-likeness (QED) is 0.345. The van der Waals surface area contributed by atoms with Crippen molar-refractivity contribution in [3.05, 3.63) is 87.0 Å². The minimum absolute atomic E-state index is 0.0372. The Morgan fingerprint density at radius 1 is 1.19 bits per heavy atom. The normalized spacial score (nSPS) is 16.6. The third-order valence-corrected chi connectivity index (χ3v) is 7.60. The van der Waals surface area contributed by atoms with Gasteiger partial charge in [0.1, 0.15) is 0 Å². The standard InChI is InChI=1S/C29H36N6O2/c1-4-26(28-31-32-33-35(28)15-14-22-9-6-5-7-10-22)34(19-25-11-8-16-37-25)18-24-17-23-13-12-20(2)21(3)27(23)30-29(24)36/h5-7,9-10,12-13,17,25-26H,4,8,11,14-16,18-19H2,1-3H3,(H,30,36)/t25-,26-/m0/s1. The smallest absolute Gasteiger partial charge is 0.252 e. The van der Waals surface area contributed by atoms with E-state index in [1.54, 1.807) is 0 Å². The van der Waals surface area contributed by atoms with Crippen LogP contribution in [-0.2, 0) is 24.2 Å². The number of aromatic nitrogens is 5. The van der Waals surface area contributed by atoms with Crippen molar-refractivity contribution in [2.45, 2.75) is 71.7 Å². The molecule has 1 fully saturated rings. The second-order valence-corrected chi connectivity index (χ2v) is 10.1. The number of nitrogens with one attached hydrogen (secondary N) is 1. The van der Waals surface area contributed by atoms with Gasteiger partial charge in [-0.05, 0) is 78.1 Å². The molecule has 1 aliphatic heterocycles. The number of H-pyrrole nitrogens is 1. The summed E-state index contributed by atoms with van der Waals surface area (Å²) in [6.07, 6.45) is 3.91. The van der Waals surface area contributed by atoms with E-state index in [-0.39, 0.29) is 17.7 Å². The summed E-state index contributed by atoms with van der Waals surface area (Å²) in [4.78, 5) is 18.7. The Morgan fingerprint density at radius 2 is 2.03 bits per heavy atom. The van der Waals surface area contributed by atoms with Crippen LogP contribution in [-0.4, -0.2) is 49.3 Å². The summed E-state index contributed by atoms with van der Waals surface area (Å²) >= 11 is 0. The Morgan fingerprint density at radius 3 is 2.78 bits per heavy atom. The van der Waals surface area contributed by atoms with Gasteiger partial charge in [0.2, 0.25) is 0 Å². The molecular formula is C29H36N6O2. The lowest BCUT2D eigenvalue weighted by Gasteiger charge is -2.32. The molecule has 8 heteroatoms. The Balaban J connectivity index is 1.45. The van der Waals surface area contributed by atoms with Gasteiger partial charge in [0, 0.05) is 31.8 Å². The first-order valence-electron chi connectivity index (χ1n) is 13.3. The van der Waals surface area contributed by atoms with Gasteiger partial charge in [0.05, 0.1) is 17.7 Å². The summed E-state index contributed by atoms with van der Waals surface area (Å²) in [6.45, 7) is 9.00. The average Bonchev–Trinajstić information content (AvgIpc) is 3.59. The molecule has 1 saturated heterocycles. The van der Waals surface area contributed by atoms with Gasteiger partial charge in [-0.2, -0.15) is 0 Å². The molecule has 2 aromatic carbocycles. The van der Waals surface area contributed by atoms with Crippen LogP contribution in [0.25, 0.3) is 10.9 Å². The molecule has 0 radical (unpaired) electrons. The second-order valence-electron chi connectivity index (χ2n) is 10.1. The third-order valence-electron chi connectivity index (χ3n) is 7.60. The number of aryl methyl sites for hydroxylation is 4. The number of hydrogen-bond donors (Lipinski definition) is 1. The monoisotopic (exact) mass is 500 g/mol. The molecular weight excluding hydrogens is 464 g/mol. The van der Waals surface area contributed by atoms with Crippen LogP contribution in [0.2, 0.25) is 0 Å². The molecule has 0 spiro atoms. The molecule has 5 rings (SSSR count). The maximum atomic E-state index is 13.2. The van der Waals surface area contributed by atoms with Gasteiger partial charge in [0.25, 0.3) is 5.56 Å². The second kappa shape index (κ2) is 11.4. The molecule has 4 aromatic rings. The molecule has 3 heterocycles. The zero-order valence-corrected chi connectivity index (χ0v) is 22.0. The lowest BCUT2D eigenvalue weighted by molar-refractivity contribution is 0.0488. The van der Waals surface area contributed by atoms with Gasteiger partial charge in [-0.15, -0.1) is 5.10 Å². The van der Waals surface area contributed by atoms with Gasteiger partial charge < -0.3 is 9.72 Å². The van der Waals surface area contributed by atoms with E-state index in [9.17, 15) is 4.79 Å². The van der Waals surface area contributed by atoms with Crippen molar-refractivity contribution in [2.24, 2.45) is 0 Å². The van der Waals surface area contributed by atoms with Crippen molar-refractivity contribution in [1.82, 2.24) is 30.1 Å². The molecule has 1 aliphatic rings. The first kappa shape index (κ1) is 25.3. The van der Waals surface area contributed by atoms with E-state index in [2.05, 4.69) is 82.6 Å². The van der Waals surface area contributed by atoms with Crippen LogP contribution in [0.4, 0.5) is 0 Å². The summed E-state index contributed by atoms with van der Waals surface area (Å²) in [5.41, 5.74) is 5.15.